The van der Waals surface area contributed by atoms with Crippen LogP contribution in [0.1, 0.15) is 15.9 Å². The number of H-pyrrole nitrogens is 1. The Balaban J connectivity index is 1.64. The summed E-state index contributed by atoms with van der Waals surface area (Å²) >= 11 is 1.71. The molecular formula is C18H15N3OS. The van der Waals surface area contributed by atoms with Gasteiger partial charge in [0.1, 0.15) is 5.65 Å². The minimum atomic E-state index is -0.000434. The van der Waals surface area contributed by atoms with Crippen LogP contribution in [-0.4, -0.2) is 27.8 Å². The molecule has 0 aliphatic rings. The average molecular weight is 321 g/mol. The molecule has 4 rings (SSSR count). The highest BCUT2D eigenvalue weighted by Crippen LogP contribution is 2.27. The zero-order valence-electron chi connectivity index (χ0n) is 12.6. The van der Waals surface area contributed by atoms with E-state index in [9.17, 15) is 4.79 Å². The maximum absolute atomic E-state index is 12.8. The number of aromatic amines is 1. The second-order valence-electron chi connectivity index (χ2n) is 5.52. The number of carbonyl (C=O) groups is 1. The van der Waals surface area contributed by atoms with Gasteiger partial charge in [-0.15, -0.1) is 11.3 Å². The highest BCUT2D eigenvalue weighted by atomic mass is 32.1. The third-order valence-electron chi connectivity index (χ3n) is 4.00. The minimum absolute atomic E-state index is 0.000434. The van der Waals surface area contributed by atoms with Crippen LogP contribution < -0.4 is 0 Å². The van der Waals surface area contributed by atoms with Gasteiger partial charge in [-0.25, -0.2) is 4.98 Å². The maximum Gasteiger partial charge on any atom is 0.256 e. The van der Waals surface area contributed by atoms with Gasteiger partial charge in [-0.05, 0) is 34.5 Å². The number of pyridine rings is 1. The van der Waals surface area contributed by atoms with Gasteiger partial charge in [0.2, 0.25) is 0 Å². The van der Waals surface area contributed by atoms with E-state index in [4.69, 9.17) is 0 Å². The molecule has 0 unspecified atom stereocenters. The summed E-state index contributed by atoms with van der Waals surface area (Å²) in [6.07, 6.45) is 3.45. The van der Waals surface area contributed by atoms with Crippen molar-refractivity contribution in [2.75, 3.05) is 7.05 Å². The molecule has 1 aromatic carbocycles. The van der Waals surface area contributed by atoms with Crippen LogP contribution in [0.3, 0.4) is 0 Å². The van der Waals surface area contributed by atoms with Gasteiger partial charge in [0, 0.05) is 36.1 Å². The maximum atomic E-state index is 12.8. The van der Waals surface area contributed by atoms with Crippen LogP contribution in [0, 0.1) is 0 Å². The van der Waals surface area contributed by atoms with E-state index in [2.05, 4.69) is 27.5 Å². The van der Waals surface area contributed by atoms with E-state index in [1.807, 2.05) is 31.3 Å². The van der Waals surface area contributed by atoms with Gasteiger partial charge in [0.25, 0.3) is 5.91 Å². The third-order valence-corrected chi connectivity index (χ3v) is 5.01. The summed E-state index contributed by atoms with van der Waals surface area (Å²) in [5.41, 5.74) is 2.58. The zero-order valence-corrected chi connectivity index (χ0v) is 13.4. The van der Waals surface area contributed by atoms with Crippen LogP contribution in [0.25, 0.3) is 21.1 Å². The van der Waals surface area contributed by atoms with Crippen molar-refractivity contribution in [1.29, 1.82) is 0 Å². The Labute approximate surface area is 137 Å². The first-order valence-corrected chi connectivity index (χ1v) is 8.24. The summed E-state index contributed by atoms with van der Waals surface area (Å²) in [5, 5.41) is 4.21. The number of fused-ring (bicyclic) bond motifs is 2. The number of hydrogen-bond donors (Lipinski definition) is 1. The van der Waals surface area contributed by atoms with Crippen molar-refractivity contribution in [2.24, 2.45) is 0 Å². The topological polar surface area (TPSA) is 49.0 Å². The molecule has 0 bridgehead atoms. The number of benzene rings is 1. The molecule has 4 nitrogen and oxygen atoms in total. The first-order chi connectivity index (χ1) is 11.2. The van der Waals surface area contributed by atoms with E-state index >= 15 is 0 Å². The normalized spacial score (nSPS) is 11.2. The second kappa shape index (κ2) is 5.52. The molecule has 3 heterocycles. The molecule has 4 aromatic rings. The summed E-state index contributed by atoms with van der Waals surface area (Å²) in [7, 11) is 1.84. The Bertz CT molecular complexity index is 1000. The Kier molecular flexibility index (Phi) is 3.35. The summed E-state index contributed by atoms with van der Waals surface area (Å²) in [6.45, 7) is 0.593. The molecule has 1 N–H and O–H groups in total. The number of aromatic nitrogens is 2. The monoisotopic (exact) mass is 321 g/mol. The lowest BCUT2D eigenvalue weighted by Crippen LogP contribution is -2.25. The van der Waals surface area contributed by atoms with Crippen molar-refractivity contribution >= 4 is 38.4 Å². The summed E-state index contributed by atoms with van der Waals surface area (Å²) in [4.78, 5) is 21.8. The highest BCUT2D eigenvalue weighted by molar-refractivity contribution is 7.17. The van der Waals surface area contributed by atoms with Crippen molar-refractivity contribution in [3.63, 3.8) is 0 Å². The van der Waals surface area contributed by atoms with Gasteiger partial charge in [0.15, 0.2) is 0 Å². The fraction of sp³-hybridized carbons (Fsp3) is 0.111. The molecule has 0 fully saturated rings. The Morgan fingerprint density at radius 2 is 2.04 bits per heavy atom. The van der Waals surface area contributed by atoms with Gasteiger partial charge in [0.05, 0.1) is 5.56 Å². The molecule has 0 radical (unpaired) electrons. The van der Waals surface area contributed by atoms with Crippen LogP contribution in [-0.2, 0) is 6.54 Å². The van der Waals surface area contributed by atoms with E-state index in [0.717, 1.165) is 11.0 Å². The molecule has 0 aliphatic carbocycles. The SMILES string of the molecule is CN(Cc1csc2ccccc12)C(=O)c1c[nH]c2ncccc12. The second-order valence-corrected chi connectivity index (χ2v) is 6.43. The number of hydrogen-bond acceptors (Lipinski definition) is 3. The predicted molar refractivity (Wildman–Crippen MR) is 93.7 cm³/mol. The van der Waals surface area contributed by atoms with E-state index < -0.39 is 0 Å². The van der Waals surface area contributed by atoms with Crippen LogP contribution in [0.5, 0.6) is 0 Å². The quantitative estimate of drug-likeness (QED) is 0.619. The van der Waals surface area contributed by atoms with E-state index in [-0.39, 0.29) is 5.91 Å². The fourth-order valence-corrected chi connectivity index (χ4v) is 3.78. The molecule has 5 heteroatoms. The number of nitrogens with one attached hydrogen (secondary N) is 1. The van der Waals surface area contributed by atoms with Crippen LogP contribution >= 0.6 is 11.3 Å². The van der Waals surface area contributed by atoms with E-state index in [0.29, 0.717) is 12.1 Å². The lowest BCUT2D eigenvalue weighted by molar-refractivity contribution is 0.0788. The van der Waals surface area contributed by atoms with Crippen LogP contribution in [0.15, 0.2) is 54.2 Å². The highest BCUT2D eigenvalue weighted by Gasteiger charge is 2.17. The third kappa shape index (κ3) is 2.39. The van der Waals surface area contributed by atoms with Crippen molar-refractivity contribution < 1.29 is 4.79 Å². The molecule has 0 saturated heterocycles. The van der Waals surface area contributed by atoms with Gasteiger partial charge in [-0.3, -0.25) is 4.79 Å². The van der Waals surface area contributed by atoms with Gasteiger partial charge >= 0.3 is 0 Å². The molecule has 114 valence electrons. The average Bonchev–Trinajstić information content (AvgIpc) is 3.19. The molecular weight excluding hydrogens is 306 g/mol. The molecule has 0 spiro atoms. The van der Waals surface area contributed by atoms with Crippen molar-refractivity contribution in [3.05, 3.63) is 65.3 Å². The first kappa shape index (κ1) is 14.0. The largest absolute Gasteiger partial charge is 0.345 e. The summed E-state index contributed by atoms with van der Waals surface area (Å²) in [5.74, 6) is -0.000434. The zero-order chi connectivity index (χ0) is 15.8. The lowest BCUT2D eigenvalue weighted by atomic mass is 10.1. The van der Waals surface area contributed by atoms with Crippen molar-refractivity contribution in [3.8, 4) is 0 Å². The van der Waals surface area contributed by atoms with E-state index in [1.54, 1.807) is 28.6 Å². The number of thiophene rings is 1. The number of nitrogens with zero attached hydrogens (tertiary/aromatic N) is 2. The Hall–Kier alpha value is -2.66. The Morgan fingerprint density at radius 3 is 2.96 bits per heavy atom. The molecule has 0 aliphatic heterocycles. The summed E-state index contributed by atoms with van der Waals surface area (Å²) < 4.78 is 1.25. The van der Waals surface area contributed by atoms with E-state index in [1.165, 1.54) is 15.6 Å². The standard InChI is InChI=1S/C18H15N3OS/c1-21(10-12-11-23-16-7-3-2-5-13(12)16)18(22)15-9-20-17-14(15)6-4-8-19-17/h2-9,11H,10H2,1H3,(H,19,20). The van der Waals surface area contributed by atoms with Gasteiger partial charge < -0.3 is 9.88 Å². The molecule has 23 heavy (non-hydrogen) atoms. The predicted octanol–water partition coefficient (Wildman–Crippen LogP) is 4.05. The van der Waals surface area contributed by atoms with Crippen molar-refractivity contribution in [2.45, 2.75) is 6.54 Å². The molecule has 0 atom stereocenters. The molecule has 1 amide bonds. The number of amides is 1. The summed E-state index contributed by atoms with van der Waals surface area (Å²) in [6, 6.07) is 12.0. The minimum Gasteiger partial charge on any atom is -0.345 e. The van der Waals surface area contributed by atoms with Gasteiger partial charge in [-0.2, -0.15) is 0 Å². The van der Waals surface area contributed by atoms with Gasteiger partial charge in [-0.1, -0.05) is 18.2 Å². The van der Waals surface area contributed by atoms with Crippen LogP contribution in [0.2, 0.25) is 0 Å². The van der Waals surface area contributed by atoms with Crippen molar-refractivity contribution in [1.82, 2.24) is 14.9 Å². The Morgan fingerprint density at radius 1 is 1.22 bits per heavy atom. The molecule has 3 aromatic heterocycles. The molecule has 0 saturated carbocycles. The van der Waals surface area contributed by atoms with Crippen LogP contribution in [0.4, 0.5) is 0 Å². The smallest absolute Gasteiger partial charge is 0.256 e. The number of carbonyl (C=O) groups excluding carboxylic acids is 1. The fourth-order valence-electron chi connectivity index (χ4n) is 2.82. The lowest BCUT2D eigenvalue weighted by Gasteiger charge is -2.16. The number of rotatable bonds is 3. The first-order valence-electron chi connectivity index (χ1n) is 7.37.